The number of benzene rings is 2. The molecule has 0 amide bonds. The van der Waals surface area contributed by atoms with E-state index < -0.39 is 5.82 Å². The molecule has 45 heavy (non-hydrogen) atoms. The van der Waals surface area contributed by atoms with Gasteiger partial charge in [-0.05, 0) is 101 Å². The summed E-state index contributed by atoms with van der Waals surface area (Å²) >= 11 is 0. The van der Waals surface area contributed by atoms with Gasteiger partial charge in [0.2, 0.25) is 5.95 Å². The van der Waals surface area contributed by atoms with Crippen molar-refractivity contribution >= 4 is 11.9 Å². The second-order valence-electron chi connectivity index (χ2n) is 12.9. The lowest BCUT2D eigenvalue weighted by Crippen LogP contribution is -2.45. The van der Waals surface area contributed by atoms with Crippen LogP contribution in [0.5, 0.6) is 11.5 Å². The van der Waals surface area contributed by atoms with E-state index in [1.54, 1.807) is 7.11 Å². The van der Waals surface area contributed by atoms with Gasteiger partial charge < -0.3 is 23.8 Å². The lowest BCUT2D eigenvalue weighted by atomic mass is 9.67. The number of ether oxygens (including phenoxy) is 4. The van der Waals surface area contributed by atoms with Crippen LogP contribution < -0.4 is 14.4 Å². The van der Waals surface area contributed by atoms with Crippen molar-refractivity contribution in [1.29, 1.82) is 0 Å². The molecular weight excluding hydrogens is 573 g/mol. The number of carbonyl (C=O) groups is 1. The number of carbonyl (C=O) groups excluding carboxylic acids is 1. The maximum Gasteiger partial charge on any atom is 0.308 e. The number of hydrogen-bond donors (Lipinski definition) is 0. The topological polar surface area (TPSA) is 83.0 Å². The number of hydrogen-bond acceptors (Lipinski definition) is 8. The molecule has 2 aromatic carbocycles. The highest BCUT2D eigenvalue weighted by Gasteiger charge is 2.42. The first-order chi connectivity index (χ1) is 21.7. The van der Waals surface area contributed by atoms with Crippen LogP contribution in [0.4, 0.5) is 10.3 Å². The number of anilines is 1. The Labute approximate surface area is 266 Å². The van der Waals surface area contributed by atoms with Crippen LogP contribution in [-0.2, 0) is 26.2 Å². The van der Waals surface area contributed by atoms with Crippen LogP contribution in [0.3, 0.4) is 0 Å². The molecule has 0 spiro atoms. The lowest BCUT2D eigenvalue weighted by Gasteiger charge is -2.46. The first-order valence-electron chi connectivity index (χ1n) is 16.1. The Morgan fingerprint density at radius 2 is 1.67 bits per heavy atom. The molecule has 1 aliphatic carbocycles. The van der Waals surface area contributed by atoms with Crippen LogP contribution in [0.15, 0.2) is 60.9 Å². The third kappa shape index (κ3) is 8.51. The van der Waals surface area contributed by atoms with Crippen LogP contribution in [0.25, 0.3) is 0 Å². The van der Waals surface area contributed by atoms with Crippen LogP contribution in [0, 0.1) is 11.7 Å². The van der Waals surface area contributed by atoms with Gasteiger partial charge in [0.25, 0.3) is 0 Å². The molecule has 0 N–H and O–H groups in total. The summed E-state index contributed by atoms with van der Waals surface area (Å²) in [5.74, 6) is 1.56. The Kier molecular flexibility index (Phi) is 10.6. The fourth-order valence-electron chi connectivity index (χ4n) is 6.86. The second-order valence-corrected chi connectivity index (χ2v) is 12.9. The first-order valence-corrected chi connectivity index (χ1v) is 16.1. The van der Waals surface area contributed by atoms with Crippen molar-refractivity contribution < 1.29 is 28.1 Å². The molecule has 242 valence electrons. The predicted octanol–water partition coefficient (Wildman–Crippen LogP) is 7.05. The summed E-state index contributed by atoms with van der Waals surface area (Å²) in [6.45, 7) is 8.49. The molecule has 1 saturated carbocycles. The van der Waals surface area contributed by atoms with Gasteiger partial charge in [0.15, 0.2) is 5.82 Å². The number of aromatic nitrogens is 2. The summed E-state index contributed by atoms with van der Waals surface area (Å²) in [5, 5.41) is 0. The second kappa shape index (κ2) is 14.6. The molecule has 5 rings (SSSR count). The summed E-state index contributed by atoms with van der Waals surface area (Å²) in [6.07, 6.45) is 8.39. The maximum absolute atomic E-state index is 13.8. The highest BCUT2D eigenvalue weighted by Crippen LogP contribution is 2.44. The molecule has 1 unspecified atom stereocenters. The molecule has 2 aliphatic rings. The van der Waals surface area contributed by atoms with Gasteiger partial charge in [-0.2, -0.15) is 0 Å². The Bertz CT molecular complexity index is 1380. The minimum atomic E-state index is -0.461. The Morgan fingerprint density at radius 3 is 2.29 bits per heavy atom. The molecule has 1 saturated heterocycles. The molecule has 3 aromatic rings. The highest BCUT2D eigenvalue weighted by atomic mass is 19.1. The van der Waals surface area contributed by atoms with Gasteiger partial charge in [-0.3, -0.25) is 4.79 Å². The van der Waals surface area contributed by atoms with Crippen LogP contribution in [0.1, 0.15) is 76.8 Å². The summed E-state index contributed by atoms with van der Waals surface area (Å²) in [6, 6.07) is 16.5. The molecule has 0 radical (unpaired) electrons. The largest absolute Gasteiger partial charge is 0.497 e. The predicted molar refractivity (Wildman–Crippen MR) is 171 cm³/mol. The number of rotatable bonds is 12. The molecule has 2 fully saturated rings. The zero-order chi connectivity index (χ0) is 31.9. The quantitative estimate of drug-likeness (QED) is 0.200. The monoisotopic (exact) mass is 619 g/mol. The Morgan fingerprint density at radius 1 is 1.00 bits per heavy atom. The van der Waals surface area contributed by atoms with Crippen LogP contribution in [0.2, 0.25) is 0 Å². The summed E-state index contributed by atoms with van der Waals surface area (Å²) < 4.78 is 36.8. The van der Waals surface area contributed by atoms with Crippen molar-refractivity contribution in [3.8, 4) is 11.5 Å². The van der Waals surface area contributed by atoms with E-state index in [-0.39, 0.29) is 29.0 Å². The van der Waals surface area contributed by atoms with E-state index in [2.05, 4.69) is 53.0 Å². The number of esters is 1. The van der Waals surface area contributed by atoms with E-state index in [1.807, 2.05) is 31.2 Å². The smallest absolute Gasteiger partial charge is 0.308 e. The van der Waals surface area contributed by atoms with Crippen molar-refractivity contribution in [2.75, 3.05) is 31.8 Å². The Balaban J connectivity index is 1.28. The van der Waals surface area contributed by atoms with E-state index in [9.17, 15) is 9.18 Å². The zero-order valence-electron chi connectivity index (χ0n) is 27.0. The number of halogens is 1. The van der Waals surface area contributed by atoms with E-state index >= 15 is 0 Å². The van der Waals surface area contributed by atoms with Gasteiger partial charge in [0.1, 0.15) is 11.5 Å². The summed E-state index contributed by atoms with van der Waals surface area (Å²) in [4.78, 5) is 22.9. The molecule has 9 heteroatoms. The molecule has 1 aliphatic heterocycles. The number of methoxy groups -OCH3 is 1. The third-order valence-corrected chi connectivity index (χ3v) is 9.18. The highest BCUT2D eigenvalue weighted by molar-refractivity contribution is 5.72. The van der Waals surface area contributed by atoms with Gasteiger partial charge >= 0.3 is 5.97 Å². The van der Waals surface area contributed by atoms with Crippen molar-refractivity contribution in [3.05, 3.63) is 77.9 Å². The minimum Gasteiger partial charge on any atom is -0.497 e. The summed E-state index contributed by atoms with van der Waals surface area (Å²) in [7, 11) is 1.68. The average molecular weight is 620 g/mol. The van der Waals surface area contributed by atoms with Crippen molar-refractivity contribution in [3.63, 3.8) is 0 Å². The molecule has 8 nitrogen and oxygen atoms in total. The van der Waals surface area contributed by atoms with Gasteiger partial charge in [-0.25, -0.2) is 14.4 Å². The minimum absolute atomic E-state index is 0.0251. The fourth-order valence-corrected chi connectivity index (χ4v) is 6.86. The molecule has 0 bridgehead atoms. The van der Waals surface area contributed by atoms with Gasteiger partial charge in [0, 0.05) is 25.1 Å². The molecular formula is C36H46FN3O5. The van der Waals surface area contributed by atoms with Gasteiger partial charge in [-0.1, -0.05) is 24.3 Å². The normalized spacial score (nSPS) is 22.8. The van der Waals surface area contributed by atoms with Gasteiger partial charge in [0.05, 0.1) is 43.7 Å². The van der Waals surface area contributed by atoms with Crippen LogP contribution >= 0.6 is 0 Å². The molecule has 2 heterocycles. The van der Waals surface area contributed by atoms with Crippen molar-refractivity contribution in [2.45, 2.75) is 89.4 Å². The first kappa shape index (κ1) is 32.7. The molecule has 1 atom stereocenters. The zero-order valence-corrected chi connectivity index (χ0v) is 27.0. The SMILES string of the molecule is CCOC(=O)C1CCC(Oc2ccc(CN(CCC3(c4ccc(OC)cc4)CCOC(C)(C)C3)c3ncc(F)cn3)cc2)CC1. The van der Waals surface area contributed by atoms with E-state index in [4.69, 9.17) is 18.9 Å². The van der Waals surface area contributed by atoms with E-state index in [0.717, 1.165) is 62.0 Å². The third-order valence-electron chi connectivity index (χ3n) is 9.18. The summed E-state index contributed by atoms with van der Waals surface area (Å²) in [5.41, 5.74) is 1.96. The maximum atomic E-state index is 13.8. The molecule has 1 aromatic heterocycles. The van der Waals surface area contributed by atoms with Crippen molar-refractivity contribution in [1.82, 2.24) is 9.97 Å². The van der Waals surface area contributed by atoms with E-state index in [1.165, 1.54) is 18.0 Å². The average Bonchev–Trinajstić information content (AvgIpc) is 3.04. The number of nitrogens with zero attached hydrogens (tertiary/aromatic N) is 3. The lowest BCUT2D eigenvalue weighted by molar-refractivity contribution is -0.149. The van der Waals surface area contributed by atoms with E-state index in [0.29, 0.717) is 32.3 Å². The standard InChI is InChI=1S/C36H46FN3O5/c1-5-43-33(41)27-8-14-32(15-9-27)45-31-12-6-26(7-13-31)24-40(34-38-22-29(37)23-39-34)20-18-36(19-21-44-35(2,3)25-36)28-10-16-30(42-4)17-11-28/h6-7,10-13,16-17,22-23,27,32H,5,8-9,14-15,18-21,24-25H2,1-4H3. The van der Waals surface area contributed by atoms with Crippen molar-refractivity contribution in [2.24, 2.45) is 5.92 Å². The fraction of sp³-hybridized carbons (Fsp3) is 0.528. The Hall–Kier alpha value is -3.72. The van der Waals surface area contributed by atoms with Crippen LogP contribution in [-0.4, -0.2) is 54.5 Å². The van der Waals surface area contributed by atoms with Gasteiger partial charge in [-0.15, -0.1) is 0 Å².